The van der Waals surface area contributed by atoms with Crippen LogP contribution in [0.25, 0.3) is 0 Å². The van der Waals surface area contributed by atoms with E-state index >= 15 is 0 Å². The second kappa shape index (κ2) is 7.52. The molecule has 0 radical (unpaired) electrons. The molecule has 3 nitrogen and oxygen atoms in total. The van der Waals surface area contributed by atoms with Crippen LogP contribution in [0, 0.1) is 17.3 Å². The van der Waals surface area contributed by atoms with E-state index < -0.39 is 0 Å². The van der Waals surface area contributed by atoms with Crippen LogP contribution in [0.4, 0.5) is 0 Å². The Balaban J connectivity index is 1.59. The molecule has 31 heavy (non-hydrogen) atoms. The van der Waals surface area contributed by atoms with Gasteiger partial charge in [0.2, 0.25) is 0 Å². The van der Waals surface area contributed by atoms with Crippen molar-refractivity contribution < 1.29 is 9.47 Å². The minimum atomic E-state index is -0.309. The summed E-state index contributed by atoms with van der Waals surface area (Å²) in [5.41, 5.74) is 4.60. The highest BCUT2D eigenvalue weighted by Crippen LogP contribution is 2.77. The molecule has 1 heterocycles. The van der Waals surface area contributed by atoms with Gasteiger partial charge in [-0.2, -0.15) is 0 Å². The summed E-state index contributed by atoms with van der Waals surface area (Å²) in [6, 6.07) is 6.26. The molecule has 1 aromatic rings. The Bertz CT molecular complexity index is 980. The first-order chi connectivity index (χ1) is 15.3. The molecule has 0 aliphatic heterocycles. The lowest BCUT2D eigenvalue weighted by Gasteiger charge is -2.42. The van der Waals surface area contributed by atoms with Gasteiger partial charge in [-0.3, -0.25) is 0 Å². The largest absolute Gasteiger partial charge is 0.497 e. The number of allylic oxidation sites excluding steroid dienone is 2. The number of fused-ring (bicyclic) bond motifs is 3. The Morgan fingerprint density at radius 3 is 2.77 bits per heavy atom. The molecule has 5 aliphatic rings. The molecule has 0 saturated heterocycles. The van der Waals surface area contributed by atoms with Gasteiger partial charge in [0, 0.05) is 40.5 Å². The third kappa shape index (κ3) is 2.61. The van der Waals surface area contributed by atoms with Gasteiger partial charge in [0.05, 0.1) is 6.61 Å². The molecule has 4 atom stereocenters. The summed E-state index contributed by atoms with van der Waals surface area (Å²) in [6.45, 7) is 5.78. The molecule has 6 rings (SSSR count). The van der Waals surface area contributed by atoms with Crippen LogP contribution in [0.1, 0.15) is 65.2 Å². The maximum absolute atomic E-state index is 6.83. The quantitative estimate of drug-likeness (QED) is 0.490. The fourth-order valence-corrected chi connectivity index (χ4v) is 8.77. The number of hydrogen-bond acceptors (Lipinski definition) is 4. The van der Waals surface area contributed by atoms with E-state index in [-0.39, 0.29) is 11.0 Å². The SMILES string of the molecule is CCOC1=C2C(=C3CCCCC31)[C@]13CCCC[C@H]1[C@@]2(OCC)C=C3Sc1ccccn1. The zero-order chi connectivity index (χ0) is 21.1. The van der Waals surface area contributed by atoms with E-state index in [0.717, 1.165) is 18.2 Å². The van der Waals surface area contributed by atoms with Crippen LogP contribution in [-0.4, -0.2) is 23.8 Å². The number of hydrogen-bond donors (Lipinski definition) is 0. The second-order valence-corrected chi connectivity index (χ2v) is 10.7. The lowest BCUT2D eigenvalue weighted by Crippen LogP contribution is -2.40. The van der Waals surface area contributed by atoms with Crippen LogP contribution < -0.4 is 0 Å². The average molecular weight is 436 g/mol. The summed E-state index contributed by atoms with van der Waals surface area (Å²) >= 11 is 1.89. The zero-order valence-electron chi connectivity index (χ0n) is 18.8. The maximum atomic E-state index is 6.83. The molecule has 0 N–H and O–H groups in total. The van der Waals surface area contributed by atoms with Crippen LogP contribution >= 0.6 is 11.8 Å². The highest BCUT2D eigenvalue weighted by atomic mass is 32.2. The fraction of sp³-hybridized carbons (Fsp3) is 0.593. The molecule has 164 valence electrons. The Morgan fingerprint density at radius 2 is 1.97 bits per heavy atom. The van der Waals surface area contributed by atoms with Crippen molar-refractivity contribution in [3.05, 3.63) is 57.9 Å². The Morgan fingerprint density at radius 1 is 1.06 bits per heavy atom. The topological polar surface area (TPSA) is 31.4 Å². The van der Waals surface area contributed by atoms with Gasteiger partial charge < -0.3 is 9.47 Å². The van der Waals surface area contributed by atoms with Gasteiger partial charge in [0.1, 0.15) is 16.4 Å². The minimum Gasteiger partial charge on any atom is -0.497 e. The minimum absolute atomic E-state index is 0.106. The summed E-state index contributed by atoms with van der Waals surface area (Å²) in [7, 11) is 0. The van der Waals surface area contributed by atoms with E-state index in [1.165, 1.54) is 67.6 Å². The van der Waals surface area contributed by atoms with Crippen molar-refractivity contribution in [3.8, 4) is 0 Å². The van der Waals surface area contributed by atoms with Crippen molar-refractivity contribution in [3.63, 3.8) is 0 Å². The van der Waals surface area contributed by atoms with Crippen LogP contribution in [0.5, 0.6) is 0 Å². The van der Waals surface area contributed by atoms with Gasteiger partial charge in [-0.15, -0.1) is 0 Å². The van der Waals surface area contributed by atoms with Gasteiger partial charge in [0.25, 0.3) is 0 Å². The average Bonchev–Trinajstić information content (AvgIpc) is 3.36. The lowest BCUT2D eigenvalue weighted by atomic mass is 9.65. The zero-order valence-corrected chi connectivity index (χ0v) is 19.6. The molecule has 5 aliphatic carbocycles. The van der Waals surface area contributed by atoms with E-state index in [1.54, 1.807) is 11.1 Å². The van der Waals surface area contributed by atoms with Crippen molar-refractivity contribution in [1.29, 1.82) is 0 Å². The van der Waals surface area contributed by atoms with Gasteiger partial charge in [-0.05, 0) is 69.7 Å². The molecule has 0 aromatic carbocycles. The van der Waals surface area contributed by atoms with Crippen molar-refractivity contribution >= 4 is 11.8 Å². The normalized spacial score (nSPS) is 35.7. The van der Waals surface area contributed by atoms with Crippen molar-refractivity contribution in [2.75, 3.05) is 13.2 Å². The lowest BCUT2D eigenvalue weighted by molar-refractivity contribution is -0.0269. The predicted octanol–water partition coefficient (Wildman–Crippen LogP) is 6.83. The first kappa shape index (κ1) is 20.1. The van der Waals surface area contributed by atoms with E-state index in [2.05, 4.69) is 37.0 Å². The van der Waals surface area contributed by atoms with Crippen LogP contribution in [0.15, 0.2) is 62.9 Å². The number of rotatable bonds is 6. The van der Waals surface area contributed by atoms with Gasteiger partial charge in [0.15, 0.2) is 0 Å². The van der Waals surface area contributed by atoms with E-state index in [9.17, 15) is 0 Å². The fourth-order valence-electron chi connectivity index (χ4n) is 7.52. The van der Waals surface area contributed by atoms with Gasteiger partial charge in [-0.25, -0.2) is 4.98 Å². The standard InChI is InChI=1S/C27H33NO2S/c1-3-29-25-19-12-6-5-11-18(19)23-24(25)27(30-4-2)17-21(31-22-14-8-10-16-28-22)26(23)15-9-7-13-20(26)27/h8,10,14,16-17,19-20H,3-7,9,11-13,15H2,1-2H3/t19?,20-,26-,27+/m1/s1. The smallest absolute Gasteiger partial charge is 0.120 e. The predicted molar refractivity (Wildman–Crippen MR) is 125 cm³/mol. The summed E-state index contributed by atoms with van der Waals surface area (Å²) in [6.07, 6.45) is 14.6. The molecule has 2 bridgehead atoms. The van der Waals surface area contributed by atoms with E-state index in [0.29, 0.717) is 11.8 Å². The van der Waals surface area contributed by atoms with Crippen molar-refractivity contribution in [1.82, 2.24) is 4.98 Å². The molecular formula is C27H33NO2S. The van der Waals surface area contributed by atoms with Crippen LogP contribution in [0.2, 0.25) is 0 Å². The van der Waals surface area contributed by atoms with Crippen LogP contribution in [-0.2, 0) is 9.47 Å². The first-order valence-electron chi connectivity index (χ1n) is 12.3. The molecule has 3 saturated carbocycles. The summed E-state index contributed by atoms with van der Waals surface area (Å²) in [5, 5.41) is 1.10. The summed E-state index contributed by atoms with van der Waals surface area (Å²) in [5.74, 6) is 2.27. The summed E-state index contributed by atoms with van der Waals surface area (Å²) < 4.78 is 13.3. The molecule has 0 spiro atoms. The Labute approximate surface area is 190 Å². The Kier molecular flexibility index (Phi) is 4.88. The van der Waals surface area contributed by atoms with E-state index in [4.69, 9.17) is 9.47 Å². The third-order valence-electron chi connectivity index (χ3n) is 8.33. The second-order valence-electron chi connectivity index (χ2n) is 9.65. The number of ether oxygens (including phenoxy) is 2. The molecule has 1 unspecified atom stereocenters. The third-order valence-corrected chi connectivity index (χ3v) is 9.48. The molecule has 4 heteroatoms. The summed E-state index contributed by atoms with van der Waals surface area (Å²) in [4.78, 5) is 6.17. The number of nitrogens with zero attached hydrogens (tertiary/aromatic N) is 1. The molecule has 1 aromatic heterocycles. The first-order valence-corrected chi connectivity index (χ1v) is 13.2. The highest BCUT2D eigenvalue weighted by molar-refractivity contribution is 8.03. The van der Waals surface area contributed by atoms with Gasteiger partial charge in [-0.1, -0.05) is 42.7 Å². The van der Waals surface area contributed by atoms with Gasteiger partial charge >= 0.3 is 0 Å². The number of pyridine rings is 1. The number of thioether (sulfide) groups is 1. The number of aromatic nitrogens is 1. The van der Waals surface area contributed by atoms with Crippen LogP contribution in [0.3, 0.4) is 0 Å². The highest BCUT2D eigenvalue weighted by Gasteiger charge is 2.72. The maximum Gasteiger partial charge on any atom is 0.120 e. The van der Waals surface area contributed by atoms with Crippen molar-refractivity contribution in [2.24, 2.45) is 17.3 Å². The van der Waals surface area contributed by atoms with Crippen molar-refractivity contribution in [2.45, 2.75) is 75.8 Å². The Hall–Kier alpha value is -1.52. The monoisotopic (exact) mass is 435 g/mol. The molecule has 3 fully saturated rings. The molecular weight excluding hydrogens is 402 g/mol. The van der Waals surface area contributed by atoms with E-state index in [1.807, 2.05) is 24.0 Å². The molecule has 0 amide bonds.